The minimum absolute atomic E-state index is 0.0211. The van der Waals surface area contributed by atoms with E-state index in [2.05, 4.69) is 305 Å². The molecule has 0 aliphatic heterocycles. The second-order valence-electron chi connectivity index (χ2n) is 31.0. The number of benzene rings is 13. The van der Waals surface area contributed by atoms with Crippen LogP contribution >= 0.6 is 0 Å². The molecule has 0 amide bonds. The van der Waals surface area contributed by atoms with E-state index in [1.54, 1.807) is 0 Å². The molecule has 0 nitrogen and oxygen atoms in total. The van der Waals surface area contributed by atoms with Crippen LogP contribution in [0.5, 0.6) is 0 Å². The second-order valence-corrected chi connectivity index (χ2v) is 31.0. The predicted octanol–water partition coefficient (Wildman–Crippen LogP) is 24.5. The Balaban J connectivity index is 1.13. The largest absolute Gasteiger partial charge is 0.0616 e. The Bertz CT molecular complexity index is 4730. The maximum Gasteiger partial charge on any atom is 0.0159 e. The molecule has 0 fully saturated rings. The Labute approximate surface area is 510 Å². The molecule has 0 atom stereocenters. The van der Waals surface area contributed by atoms with Gasteiger partial charge in [0.1, 0.15) is 0 Å². The van der Waals surface area contributed by atoms with Crippen molar-refractivity contribution in [3.63, 3.8) is 0 Å². The minimum Gasteiger partial charge on any atom is -0.0616 e. The summed E-state index contributed by atoms with van der Waals surface area (Å²) in [6.45, 7) is 38.3. The molecule has 0 N–H and O–H groups in total. The summed E-state index contributed by atoms with van der Waals surface area (Å²) in [5.41, 5.74) is 26.2. The zero-order chi connectivity index (χ0) is 60.1. The van der Waals surface area contributed by atoms with Gasteiger partial charge in [-0.15, -0.1) is 0 Å². The van der Waals surface area contributed by atoms with Gasteiger partial charge in [0.2, 0.25) is 0 Å². The van der Waals surface area contributed by atoms with E-state index in [0.717, 1.165) is 0 Å². The average Bonchev–Trinajstić information content (AvgIpc) is 1.11. The van der Waals surface area contributed by atoms with Crippen LogP contribution in [-0.4, -0.2) is 0 Å². The van der Waals surface area contributed by atoms with Crippen LogP contribution in [0.25, 0.3) is 131 Å². The van der Waals surface area contributed by atoms with Gasteiger partial charge < -0.3 is 0 Å². The van der Waals surface area contributed by atoms with Crippen molar-refractivity contribution >= 4 is 64.6 Å². The predicted molar refractivity (Wildman–Crippen MR) is 374 cm³/mol. The van der Waals surface area contributed by atoms with Gasteiger partial charge in [-0.3, -0.25) is 0 Å². The third-order valence-electron chi connectivity index (χ3n) is 20.5. The first kappa shape index (κ1) is 54.3. The van der Waals surface area contributed by atoms with Crippen LogP contribution in [0.2, 0.25) is 0 Å². The van der Waals surface area contributed by atoms with Crippen molar-refractivity contribution in [3.05, 3.63) is 239 Å². The van der Waals surface area contributed by atoms with Crippen LogP contribution in [-0.2, 0) is 32.5 Å². The van der Waals surface area contributed by atoms with Gasteiger partial charge in [0.15, 0.2) is 0 Å². The first-order valence-corrected chi connectivity index (χ1v) is 31.5. The van der Waals surface area contributed by atoms with Crippen LogP contribution in [0.4, 0.5) is 0 Å². The van der Waals surface area contributed by atoms with Crippen molar-refractivity contribution in [1.82, 2.24) is 0 Å². The normalized spacial score (nSPS) is 14.7. The van der Waals surface area contributed by atoms with E-state index in [4.69, 9.17) is 0 Å². The molecule has 0 unspecified atom stereocenters. The molecule has 2 aliphatic carbocycles. The maximum atomic E-state index is 2.61. The summed E-state index contributed by atoms with van der Waals surface area (Å²) in [6, 6.07) is 77.0. The molecule has 0 spiro atoms. The van der Waals surface area contributed by atoms with E-state index >= 15 is 0 Å². The molecule has 13 aromatic rings. The summed E-state index contributed by atoms with van der Waals surface area (Å²) >= 11 is 0. The van der Waals surface area contributed by atoms with Gasteiger partial charge in [-0.1, -0.05) is 244 Å². The van der Waals surface area contributed by atoms with Crippen molar-refractivity contribution in [2.75, 3.05) is 0 Å². The number of hydrogen-bond donors (Lipinski definition) is 0. The molecule has 0 radical (unpaired) electrons. The smallest absolute Gasteiger partial charge is 0.0159 e. The third kappa shape index (κ3) is 8.14. The second kappa shape index (κ2) is 18.1. The fraction of sp³-hybridized carbons (Fsp3) is 0.256. The van der Waals surface area contributed by atoms with Gasteiger partial charge in [-0.2, -0.15) is 0 Å². The van der Waals surface area contributed by atoms with Gasteiger partial charge in [-0.05, 0) is 258 Å². The van der Waals surface area contributed by atoms with E-state index in [0.29, 0.717) is 0 Å². The highest BCUT2D eigenvalue weighted by molar-refractivity contribution is 6.35. The minimum atomic E-state index is -0.205. The van der Waals surface area contributed by atoms with Gasteiger partial charge >= 0.3 is 0 Å². The molecule has 0 aromatic heterocycles. The van der Waals surface area contributed by atoms with Crippen LogP contribution in [0, 0.1) is 0 Å². The van der Waals surface area contributed by atoms with Crippen molar-refractivity contribution in [3.8, 4) is 66.8 Å². The molecule has 15 rings (SSSR count). The van der Waals surface area contributed by atoms with Crippen LogP contribution in [0.3, 0.4) is 0 Å². The molecule has 0 heteroatoms. The highest BCUT2D eigenvalue weighted by Crippen LogP contribution is 2.58. The lowest BCUT2D eigenvalue weighted by atomic mass is 9.76. The van der Waals surface area contributed by atoms with E-state index in [1.807, 2.05) is 0 Å². The maximum absolute atomic E-state index is 2.61. The molecular formula is C86H80. The lowest BCUT2D eigenvalue weighted by Gasteiger charge is -2.28. The number of rotatable bonds is 4. The van der Waals surface area contributed by atoms with E-state index in [1.165, 1.54) is 176 Å². The molecule has 13 aromatic carbocycles. The fourth-order valence-corrected chi connectivity index (χ4v) is 15.4. The Morgan fingerprint density at radius 1 is 0.233 bits per heavy atom. The number of fused-ring (bicyclic) bond motifs is 10. The molecule has 0 bridgehead atoms. The summed E-state index contributed by atoms with van der Waals surface area (Å²) in [4.78, 5) is 0. The van der Waals surface area contributed by atoms with Crippen molar-refractivity contribution in [2.24, 2.45) is 0 Å². The third-order valence-corrected chi connectivity index (χ3v) is 20.5. The summed E-state index contributed by atoms with van der Waals surface area (Å²) in [5, 5.41) is 15.3. The molecule has 2 aliphatic rings. The summed E-state index contributed by atoms with van der Waals surface area (Å²) in [7, 11) is 0. The first-order valence-electron chi connectivity index (χ1n) is 31.5. The highest BCUT2D eigenvalue weighted by Gasteiger charge is 2.41. The SMILES string of the molecule is CC(C)(C)c1ccc2c(c1)C(C)(C)c1cc(C(C)(C)C)cc(-c3cc4cc(-c5cc(C(C)(C)C)cc6c5-c5ccc(C(C)(C)C)cc5C6(C)C)cc5c6cc(-c7cccc8ccccc78)cc7cc(-c8cccc9ccccc89)cc(c(c3)c45)c76)c1-2. The topological polar surface area (TPSA) is 0 Å². The van der Waals surface area contributed by atoms with E-state index in [-0.39, 0.29) is 32.5 Å². The van der Waals surface area contributed by atoms with Crippen LogP contribution < -0.4 is 0 Å². The molecule has 0 saturated heterocycles. The zero-order valence-corrected chi connectivity index (χ0v) is 53.5. The Morgan fingerprint density at radius 2 is 0.547 bits per heavy atom. The quantitative estimate of drug-likeness (QED) is 0.122. The van der Waals surface area contributed by atoms with Gasteiger partial charge in [0.25, 0.3) is 0 Å². The summed E-state index contributed by atoms with van der Waals surface area (Å²) in [6.07, 6.45) is 0. The van der Waals surface area contributed by atoms with Crippen molar-refractivity contribution < 1.29 is 0 Å². The Hall–Kier alpha value is -8.32. The lowest BCUT2D eigenvalue weighted by Crippen LogP contribution is -2.19. The van der Waals surface area contributed by atoms with Crippen LogP contribution in [0.15, 0.2) is 194 Å². The molecule has 0 heterocycles. The van der Waals surface area contributed by atoms with Gasteiger partial charge in [0, 0.05) is 10.8 Å². The van der Waals surface area contributed by atoms with Crippen molar-refractivity contribution in [1.29, 1.82) is 0 Å². The van der Waals surface area contributed by atoms with E-state index < -0.39 is 0 Å². The molecule has 0 saturated carbocycles. The van der Waals surface area contributed by atoms with Crippen molar-refractivity contribution in [2.45, 2.75) is 143 Å². The Kier molecular flexibility index (Phi) is 11.4. The Morgan fingerprint density at radius 3 is 0.895 bits per heavy atom. The molecular weight excluding hydrogens is 1030 g/mol. The summed E-state index contributed by atoms with van der Waals surface area (Å²) < 4.78 is 0. The lowest BCUT2D eigenvalue weighted by molar-refractivity contribution is 0.579. The zero-order valence-electron chi connectivity index (χ0n) is 53.5. The molecule has 424 valence electrons. The summed E-state index contributed by atoms with van der Waals surface area (Å²) in [5.74, 6) is 0. The number of hydrogen-bond acceptors (Lipinski definition) is 0. The average molecular weight is 1110 g/mol. The molecule has 86 heavy (non-hydrogen) atoms. The van der Waals surface area contributed by atoms with Crippen LogP contribution in [0.1, 0.15) is 155 Å². The fourth-order valence-electron chi connectivity index (χ4n) is 15.4. The monoisotopic (exact) mass is 1110 g/mol. The first-order chi connectivity index (χ1) is 40.6. The van der Waals surface area contributed by atoms with Gasteiger partial charge in [0.05, 0.1) is 0 Å². The van der Waals surface area contributed by atoms with E-state index in [9.17, 15) is 0 Å². The highest BCUT2D eigenvalue weighted by atomic mass is 14.4. The standard InChI is InChI=1S/C86H80/c1-81(2,3)57-31-33-65-73(45-57)85(13,14)75-47-59(83(7,8)9)43-67(79(65)75)53-37-56-38-54(68-44-60(84(10,11)12)48-76-80(68)66-34-32-58(82(4,5)6)46-74(66)86(76,15)16)42-72-70-40-52(64-30-22-26-50-24-18-20-28-62(50)64)36-55-35-51(39-69(77(55)70)71(41-53)78(56)72)63-29-21-25-49-23-17-19-27-61(49)63/h17-48H,1-16H3. The van der Waals surface area contributed by atoms with Gasteiger partial charge in [-0.25, -0.2) is 0 Å².